The number of hydroxylamine groups is 2. The van der Waals surface area contributed by atoms with Gasteiger partial charge in [-0.2, -0.15) is 0 Å². The third-order valence-corrected chi connectivity index (χ3v) is 0.579. The summed E-state index contributed by atoms with van der Waals surface area (Å²) in [5, 5.41) is 3.72. The van der Waals surface area contributed by atoms with Crippen molar-refractivity contribution in [2.45, 2.75) is 0 Å². The molecule has 0 atom stereocenters. The van der Waals surface area contributed by atoms with Gasteiger partial charge >= 0.3 is 6.03 Å². The largest absolute Gasteiger partial charge is 0.367 e. The first kappa shape index (κ1) is 8.34. The predicted octanol–water partition coefficient (Wildman–Crippen LogP) is -1.88. The Hall–Kier alpha value is -1.66. The smallest absolute Gasteiger partial charge is 0.349 e. The molecule has 0 bridgehead atoms. The van der Waals surface area contributed by atoms with Crippen molar-refractivity contribution in [3.8, 4) is 0 Å². The molecule has 0 saturated heterocycles. The van der Waals surface area contributed by atoms with Gasteiger partial charge in [-0.25, -0.2) is 4.79 Å². The van der Waals surface area contributed by atoms with Crippen LogP contribution in [0.4, 0.5) is 4.79 Å². The van der Waals surface area contributed by atoms with Gasteiger partial charge in [0.25, 0.3) is 0 Å². The molecule has 0 aliphatic carbocycles. The van der Waals surface area contributed by atoms with Gasteiger partial charge in [0.15, 0.2) is 0 Å². The first-order valence-electron chi connectivity index (χ1n) is 2.33. The van der Waals surface area contributed by atoms with E-state index in [4.69, 9.17) is 17.2 Å². The minimum Gasteiger partial charge on any atom is -0.367 e. The van der Waals surface area contributed by atoms with Gasteiger partial charge in [0.2, 0.25) is 5.96 Å². The summed E-state index contributed by atoms with van der Waals surface area (Å²) < 4.78 is 0. The van der Waals surface area contributed by atoms with E-state index in [1.165, 1.54) is 7.05 Å². The van der Waals surface area contributed by atoms with Crippen molar-refractivity contribution in [3.05, 3.63) is 0 Å². The van der Waals surface area contributed by atoms with Gasteiger partial charge in [-0.05, 0) is 5.16 Å². The Morgan fingerprint density at radius 1 is 1.50 bits per heavy atom. The molecule has 0 aliphatic heterocycles. The van der Waals surface area contributed by atoms with Crippen molar-refractivity contribution >= 4 is 12.0 Å². The number of urea groups is 1. The van der Waals surface area contributed by atoms with E-state index in [9.17, 15) is 4.79 Å². The topological polar surface area (TPSA) is 120 Å². The van der Waals surface area contributed by atoms with Crippen LogP contribution in [0.5, 0.6) is 0 Å². The molecule has 0 aromatic heterocycles. The van der Waals surface area contributed by atoms with Crippen LogP contribution < -0.4 is 17.2 Å². The fraction of sp³-hybridized carbons (Fsp3) is 0.333. The zero-order valence-electron chi connectivity index (χ0n) is 5.44. The van der Waals surface area contributed by atoms with Crippen molar-refractivity contribution in [1.82, 2.24) is 5.06 Å². The Labute approximate surface area is 57.3 Å². The average Bonchev–Trinajstić information content (AvgIpc) is 1.82. The predicted molar refractivity (Wildman–Crippen MR) is 34.2 cm³/mol. The van der Waals surface area contributed by atoms with Crippen LogP contribution in [-0.4, -0.2) is 24.1 Å². The van der Waals surface area contributed by atoms with Gasteiger partial charge in [-0.1, -0.05) is 0 Å². The lowest BCUT2D eigenvalue weighted by Gasteiger charge is -2.07. The lowest BCUT2D eigenvalue weighted by atomic mass is 11.0. The summed E-state index contributed by atoms with van der Waals surface area (Å²) in [6.45, 7) is 0. The van der Waals surface area contributed by atoms with Gasteiger partial charge in [0.1, 0.15) is 0 Å². The zero-order valence-corrected chi connectivity index (χ0v) is 5.44. The third-order valence-electron chi connectivity index (χ3n) is 0.579. The minimum absolute atomic E-state index is 0.284. The molecule has 0 radical (unpaired) electrons. The summed E-state index contributed by atoms with van der Waals surface area (Å²) in [6, 6.07) is -0.787. The van der Waals surface area contributed by atoms with Crippen LogP contribution in [0.2, 0.25) is 0 Å². The van der Waals surface area contributed by atoms with Gasteiger partial charge < -0.3 is 17.2 Å². The number of rotatable bonds is 2. The Kier molecular flexibility index (Phi) is 2.82. The van der Waals surface area contributed by atoms with Gasteiger partial charge in [0, 0.05) is 0 Å². The molecule has 0 fully saturated rings. The lowest BCUT2D eigenvalue weighted by Crippen LogP contribution is -2.32. The number of oxime groups is 1. The van der Waals surface area contributed by atoms with Crippen LogP contribution in [0.3, 0.4) is 0 Å². The number of carbonyl (C=O) groups is 1. The van der Waals surface area contributed by atoms with E-state index in [1.54, 1.807) is 0 Å². The van der Waals surface area contributed by atoms with Crippen LogP contribution in [0.15, 0.2) is 5.16 Å². The molecular weight excluding hydrogens is 138 g/mol. The zero-order chi connectivity index (χ0) is 8.15. The highest BCUT2D eigenvalue weighted by Gasteiger charge is 2.01. The van der Waals surface area contributed by atoms with Crippen LogP contribution in [0.25, 0.3) is 0 Å². The normalized spacial score (nSPS) is 8.10. The van der Waals surface area contributed by atoms with Crippen molar-refractivity contribution < 1.29 is 9.73 Å². The molecule has 6 N–H and O–H groups in total. The molecule has 0 aliphatic rings. The van der Waals surface area contributed by atoms with E-state index >= 15 is 0 Å². The Morgan fingerprint density at radius 2 is 2.00 bits per heavy atom. The van der Waals surface area contributed by atoms with E-state index in [0.717, 1.165) is 0 Å². The van der Waals surface area contributed by atoms with Gasteiger partial charge in [0.05, 0.1) is 7.05 Å². The average molecular weight is 147 g/mol. The number of nitrogens with two attached hydrogens (primary N) is 3. The van der Waals surface area contributed by atoms with E-state index in [0.29, 0.717) is 5.06 Å². The quantitative estimate of drug-likeness (QED) is 0.240. The molecule has 0 aromatic rings. The molecule has 7 nitrogen and oxygen atoms in total. The molecule has 0 unspecified atom stereocenters. The lowest BCUT2D eigenvalue weighted by molar-refractivity contribution is -0.0943. The van der Waals surface area contributed by atoms with E-state index in [2.05, 4.69) is 10.1 Å². The first-order chi connectivity index (χ1) is 4.54. The maximum atomic E-state index is 10.2. The Balaban J connectivity index is 3.70. The van der Waals surface area contributed by atoms with Crippen LogP contribution in [0, 0.1) is 0 Å². The molecule has 0 spiro atoms. The number of guanidine groups is 1. The number of hydrogen-bond acceptors (Lipinski definition) is 3. The highest BCUT2D eigenvalue weighted by atomic mass is 16.8. The summed E-state index contributed by atoms with van der Waals surface area (Å²) in [5.74, 6) is -0.284. The number of carbonyl (C=O) groups excluding carboxylic acids is 1. The Bertz CT molecular complexity index is 151. The van der Waals surface area contributed by atoms with Crippen molar-refractivity contribution in [2.75, 3.05) is 7.05 Å². The summed E-state index contributed by atoms with van der Waals surface area (Å²) in [7, 11) is 1.27. The van der Waals surface area contributed by atoms with Gasteiger partial charge in [-0.15, -0.1) is 5.06 Å². The second-order valence-corrected chi connectivity index (χ2v) is 1.43. The molecular formula is C3H9N5O2. The summed E-state index contributed by atoms with van der Waals surface area (Å²) in [4.78, 5) is 14.4. The van der Waals surface area contributed by atoms with Gasteiger partial charge in [-0.3, -0.25) is 4.94 Å². The summed E-state index contributed by atoms with van der Waals surface area (Å²) in [6.07, 6.45) is 0. The molecule has 0 heterocycles. The van der Waals surface area contributed by atoms with Crippen LogP contribution in [0.1, 0.15) is 0 Å². The number of primary amides is 1. The SMILES string of the molecule is CN(ON=C(N)N)C(N)=O. The molecule has 58 valence electrons. The molecule has 7 heteroatoms. The second-order valence-electron chi connectivity index (χ2n) is 1.43. The van der Waals surface area contributed by atoms with Crippen LogP contribution >= 0.6 is 0 Å². The minimum atomic E-state index is -0.787. The fourth-order valence-electron chi connectivity index (χ4n) is 0.149. The van der Waals surface area contributed by atoms with E-state index < -0.39 is 6.03 Å². The maximum absolute atomic E-state index is 10.2. The third kappa shape index (κ3) is 3.36. The molecule has 2 amide bonds. The molecule has 0 rings (SSSR count). The van der Waals surface area contributed by atoms with Crippen LogP contribution in [-0.2, 0) is 4.94 Å². The molecule has 0 aromatic carbocycles. The number of hydrogen-bond donors (Lipinski definition) is 3. The first-order valence-corrected chi connectivity index (χ1v) is 2.33. The fourth-order valence-corrected chi connectivity index (χ4v) is 0.149. The van der Waals surface area contributed by atoms with Crippen molar-refractivity contribution in [2.24, 2.45) is 22.4 Å². The van der Waals surface area contributed by atoms with Crippen molar-refractivity contribution in [3.63, 3.8) is 0 Å². The second kappa shape index (κ2) is 3.38. The van der Waals surface area contributed by atoms with E-state index in [-0.39, 0.29) is 5.96 Å². The molecule has 0 saturated carbocycles. The number of amides is 2. The number of nitrogens with zero attached hydrogens (tertiary/aromatic N) is 2. The van der Waals surface area contributed by atoms with E-state index in [1.807, 2.05) is 0 Å². The highest BCUT2D eigenvalue weighted by molar-refractivity contribution is 5.75. The molecule has 10 heavy (non-hydrogen) atoms. The summed E-state index contributed by atoms with van der Waals surface area (Å²) in [5.41, 5.74) is 14.5. The maximum Gasteiger partial charge on any atom is 0.349 e. The Morgan fingerprint density at radius 3 is 2.30 bits per heavy atom. The van der Waals surface area contributed by atoms with Crippen molar-refractivity contribution in [1.29, 1.82) is 0 Å². The summed E-state index contributed by atoms with van der Waals surface area (Å²) >= 11 is 0. The monoisotopic (exact) mass is 147 g/mol. The highest BCUT2D eigenvalue weighted by Crippen LogP contribution is 1.82. The standard InChI is InChI=1S/C3H9N5O2/c1-8(3(6)9)10-7-2(4)5/h1H3,(H2,6,9)(H4,4,5,7).